The first kappa shape index (κ1) is 28.2. The molecule has 3 aromatic carbocycles. The van der Waals surface area contributed by atoms with Gasteiger partial charge in [0.2, 0.25) is 0 Å². The van der Waals surface area contributed by atoms with Crippen molar-refractivity contribution in [2.45, 2.75) is 102 Å². The van der Waals surface area contributed by atoms with E-state index >= 15 is 0 Å². The van der Waals surface area contributed by atoms with E-state index in [9.17, 15) is 0 Å². The Morgan fingerprint density at radius 1 is 0.571 bits per heavy atom. The molecule has 0 unspecified atom stereocenters. The van der Waals surface area contributed by atoms with Gasteiger partial charge in [0.1, 0.15) is 18.3 Å². The van der Waals surface area contributed by atoms with E-state index in [1.165, 1.54) is 19.3 Å². The second-order valence-corrected chi connectivity index (χ2v) is 13.2. The van der Waals surface area contributed by atoms with Crippen LogP contribution in [-0.2, 0) is 43.5 Å². The van der Waals surface area contributed by atoms with Crippen molar-refractivity contribution in [1.29, 1.82) is 0 Å². The van der Waals surface area contributed by atoms with Gasteiger partial charge in [-0.15, -0.1) is 0 Å². The smallest absolute Gasteiger partial charge is 0.187 e. The van der Waals surface area contributed by atoms with Crippen LogP contribution in [0.25, 0.3) is 0 Å². The van der Waals surface area contributed by atoms with Gasteiger partial charge in [0.15, 0.2) is 6.29 Å². The molecule has 1 heterocycles. The van der Waals surface area contributed by atoms with E-state index in [4.69, 9.17) is 23.7 Å². The van der Waals surface area contributed by atoms with Crippen LogP contribution in [0.3, 0.4) is 0 Å². The molecule has 5 fully saturated rings. The number of rotatable bonds is 11. The van der Waals surface area contributed by atoms with E-state index in [-0.39, 0.29) is 23.9 Å². The fourth-order valence-electron chi connectivity index (χ4n) is 8.39. The molecule has 5 nitrogen and oxygen atoms in total. The summed E-state index contributed by atoms with van der Waals surface area (Å²) in [4.78, 5) is 0. The fourth-order valence-corrected chi connectivity index (χ4v) is 8.39. The van der Waals surface area contributed by atoms with Gasteiger partial charge >= 0.3 is 0 Å². The molecule has 4 aliphatic carbocycles. The minimum absolute atomic E-state index is 0.116. The van der Waals surface area contributed by atoms with E-state index in [1.807, 2.05) is 30.3 Å². The topological polar surface area (TPSA) is 46.2 Å². The quantitative estimate of drug-likeness (QED) is 0.240. The van der Waals surface area contributed by atoms with Crippen LogP contribution in [0.1, 0.15) is 62.1 Å². The highest BCUT2D eigenvalue weighted by atomic mass is 16.7. The van der Waals surface area contributed by atoms with Gasteiger partial charge < -0.3 is 23.7 Å². The van der Waals surface area contributed by atoms with Gasteiger partial charge in [0, 0.05) is 0 Å². The molecule has 1 aliphatic heterocycles. The van der Waals surface area contributed by atoms with Crippen molar-refractivity contribution in [3.63, 3.8) is 0 Å². The van der Waals surface area contributed by atoms with Gasteiger partial charge in [0.05, 0.1) is 31.5 Å². The molecule has 3 aromatic rings. The van der Waals surface area contributed by atoms with Crippen molar-refractivity contribution in [3.05, 3.63) is 108 Å². The maximum atomic E-state index is 7.17. The van der Waals surface area contributed by atoms with Crippen LogP contribution < -0.4 is 0 Å². The average Bonchev–Trinajstić information content (AvgIpc) is 3.00. The second kappa shape index (κ2) is 12.6. The van der Waals surface area contributed by atoms with Crippen LogP contribution in [0.4, 0.5) is 0 Å². The highest BCUT2D eigenvalue weighted by Gasteiger charge is 2.56. The molecule has 5 atom stereocenters. The Kier molecular flexibility index (Phi) is 8.47. The Morgan fingerprint density at radius 3 is 1.43 bits per heavy atom. The number of hydrogen-bond donors (Lipinski definition) is 0. The lowest BCUT2D eigenvalue weighted by molar-refractivity contribution is -0.354. The number of benzene rings is 3. The van der Waals surface area contributed by atoms with Gasteiger partial charge in [-0.3, -0.25) is 0 Å². The molecular weight excluding hydrogens is 524 g/mol. The maximum Gasteiger partial charge on any atom is 0.187 e. The normalized spacial score (nSPS) is 35.4. The minimum Gasteiger partial charge on any atom is -0.368 e. The standard InChI is InChI=1S/C37H44O5/c1-26-33(38-23-27-11-5-2-6-12-27)34(39-24-28-13-7-3-8-14-28)35(40-25-29-15-9-4-10-16-29)36(41-26)42-37-20-30-17-31(21-37)19-32(18-30)22-37/h2-16,26,30-36H,17-25H2,1H3/t26-,30?,31?,32?,33-,34+,35-,36+,37?/m1/s1. The zero-order valence-electron chi connectivity index (χ0n) is 24.7. The third-order valence-electron chi connectivity index (χ3n) is 9.93. The van der Waals surface area contributed by atoms with Crippen molar-refractivity contribution in [2.24, 2.45) is 17.8 Å². The summed E-state index contributed by atoms with van der Waals surface area (Å²) in [5.41, 5.74) is 3.25. The SMILES string of the molecule is C[C@H]1O[C@@H](OC23CC4CC(CC(C4)C2)C3)[C@H](OCc2ccccc2)[C@@H](OCc2ccccc2)[C@@H]1OCc1ccccc1. The van der Waals surface area contributed by atoms with Crippen LogP contribution in [0, 0.1) is 17.8 Å². The van der Waals surface area contributed by atoms with Crippen LogP contribution in [-0.4, -0.2) is 36.3 Å². The summed E-state index contributed by atoms with van der Waals surface area (Å²) in [6, 6.07) is 31.0. The van der Waals surface area contributed by atoms with Crippen molar-refractivity contribution in [2.75, 3.05) is 0 Å². The molecule has 1 saturated heterocycles. The Hall–Kier alpha value is -2.54. The molecular formula is C37H44O5. The monoisotopic (exact) mass is 568 g/mol. The van der Waals surface area contributed by atoms with E-state index in [2.05, 4.69) is 67.6 Å². The highest BCUT2D eigenvalue weighted by molar-refractivity contribution is 5.16. The van der Waals surface area contributed by atoms with Crippen LogP contribution in [0.5, 0.6) is 0 Å². The van der Waals surface area contributed by atoms with Crippen LogP contribution in [0.15, 0.2) is 91.0 Å². The summed E-state index contributed by atoms with van der Waals surface area (Å²) in [7, 11) is 0. The molecule has 8 rings (SSSR count). The van der Waals surface area contributed by atoms with Crippen molar-refractivity contribution >= 4 is 0 Å². The number of hydrogen-bond acceptors (Lipinski definition) is 5. The Labute approximate surface area is 250 Å². The molecule has 5 heteroatoms. The molecule has 0 aromatic heterocycles. The molecule has 42 heavy (non-hydrogen) atoms. The molecule has 5 aliphatic rings. The summed E-state index contributed by atoms with van der Waals surface area (Å²) in [5.74, 6) is 2.36. The second-order valence-electron chi connectivity index (χ2n) is 13.2. The van der Waals surface area contributed by atoms with Crippen LogP contribution >= 0.6 is 0 Å². The van der Waals surface area contributed by atoms with Crippen LogP contribution in [0.2, 0.25) is 0 Å². The third kappa shape index (κ3) is 6.36. The lowest BCUT2D eigenvalue weighted by atomic mass is 9.54. The van der Waals surface area contributed by atoms with E-state index in [0.29, 0.717) is 19.8 Å². The molecule has 222 valence electrons. The average molecular weight is 569 g/mol. The first-order valence-electron chi connectivity index (χ1n) is 15.9. The molecule has 0 N–H and O–H groups in total. The fraction of sp³-hybridized carbons (Fsp3) is 0.514. The third-order valence-corrected chi connectivity index (χ3v) is 9.93. The summed E-state index contributed by atoms with van der Waals surface area (Å²) in [6.07, 6.45) is 5.70. The van der Waals surface area contributed by atoms with Gasteiger partial charge in [-0.2, -0.15) is 0 Å². The van der Waals surface area contributed by atoms with E-state index in [0.717, 1.165) is 53.7 Å². The minimum atomic E-state index is -0.516. The molecule has 4 saturated carbocycles. The predicted octanol–water partition coefficient (Wildman–Crippen LogP) is 7.47. The summed E-state index contributed by atoms with van der Waals surface area (Å²) in [6.45, 7) is 3.51. The molecule has 0 spiro atoms. The van der Waals surface area contributed by atoms with Gasteiger partial charge in [-0.1, -0.05) is 91.0 Å². The van der Waals surface area contributed by atoms with Gasteiger partial charge in [-0.25, -0.2) is 0 Å². The first-order valence-corrected chi connectivity index (χ1v) is 15.9. The summed E-state index contributed by atoms with van der Waals surface area (Å²) in [5, 5.41) is 0. The van der Waals surface area contributed by atoms with E-state index in [1.54, 1.807) is 0 Å². The summed E-state index contributed by atoms with van der Waals surface area (Å²) >= 11 is 0. The highest BCUT2D eigenvalue weighted by Crippen LogP contribution is 2.57. The Balaban J connectivity index is 1.17. The van der Waals surface area contributed by atoms with Gasteiger partial charge in [-0.05, 0) is 79.9 Å². The van der Waals surface area contributed by atoms with Gasteiger partial charge in [0.25, 0.3) is 0 Å². The van der Waals surface area contributed by atoms with Crippen molar-refractivity contribution in [3.8, 4) is 0 Å². The number of ether oxygens (including phenoxy) is 5. The first-order chi connectivity index (χ1) is 20.6. The van der Waals surface area contributed by atoms with Crippen molar-refractivity contribution < 1.29 is 23.7 Å². The lowest BCUT2D eigenvalue weighted by Gasteiger charge is -2.58. The zero-order valence-corrected chi connectivity index (χ0v) is 24.7. The largest absolute Gasteiger partial charge is 0.368 e. The zero-order chi connectivity index (χ0) is 28.4. The maximum absolute atomic E-state index is 7.17. The summed E-state index contributed by atoms with van der Waals surface area (Å²) < 4.78 is 34.1. The van der Waals surface area contributed by atoms with E-state index < -0.39 is 12.4 Å². The van der Waals surface area contributed by atoms with Crippen molar-refractivity contribution in [1.82, 2.24) is 0 Å². The molecule has 0 radical (unpaired) electrons. The lowest BCUT2D eigenvalue weighted by Crippen LogP contribution is -2.63. The Bertz CT molecular complexity index is 1230. The Morgan fingerprint density at radius 2 is 0.976 bits per heavy atom. The molecule has 0 amide bonds. The predicted molar refractivity (Wildman–Crippen MR) is 161 cm³/mol. The molecule has 4 bridgehead atoms.